The fourth-order valence-electron chi connectivity index (χ4n) is 1.74. The van der Waals surface area contributed by atoms with Crippen molar-refractivity contribution < 1.29 is 4.39 Å². The summed E-state index contributed by atoms with van der Waals surface area (Å²) in [6.45, 7) is 1.51. The Bertz CT molecular complexity index is 268. The second-order valence-electron chi connectivity index (χ2n) is 3.46. The van der Waals surface area contributed by atoms with Crippen LogP contribution in [0.1, 0.15) is 18.4 Å². The Morgan fingerprint density at radius 1 is 1.38 bits per heavy atom. The van der Waals surface area contributed by atoms with Crippen molar-refractivity contribution in [2.24, 2.45) is 0 Å². The van der Waals surface area contributed by atoms with Crippen molar-refractivity contribution in [3.05, 3.63) is 30.1 Å². The summed E-state index contributed by atoms with van der Waals surface area (Å²) < 4.78 is 14.2. The van der Waals surface area contributed by atoms with E-state index in [0.717, 1.165) is 18.7 Å². The molecule has 1 saturated heterocycles. The van der Waals surface area contributed by atoms with Crippen molar-refractivity contribution in [2.45, 2.75) is 18.5 Å². The molecule has 0 aliphatic carbocycles. The van der Waals surface area contributed by atoms with Gasteiger partial charge in [0.25, 0.3) is 0 Å². The Labute approximate surface area is 77.2 Å². The zero-order chi connectivity index (χ0) is 9.15. The number of piperidine rings is 1. The van der Waals surface area contributed by atoms with Crippen LogP contribution in [0.4, 0.5) is 4.39 Å². The van der Waals surface area contributed by atoms with E-state index in [4.69, 9.17) is 0 Å². The molecule has 1 aliphatic heterocycles. The molecule has 1 aromatic rings. The highest BCUT2D eigenvalue weighted by Crippen LogP contribution is 2.33. The molecule has 0 aromatic carbocycles. The number of rotatable bonds is 1. The quantitative estimate of drug-likeness (QED) is 0.710. The minimum absolute atomic E-state index is 0.554. The smallest absolute Gasteiger partial charge is 0.139 e. The number of aromatic nitrogens is 1. The summed E-state index contributed by atoms with van der Waals surface area (Å²) in [4.78, 5) is 3.94. The number of nitrogens with one attached hydrogen (secondary N) is 1. The third kappa shape index (κ3) is 1.70. The van der Waals surface area contributed by atoms with E-state index < -0.39 is 5.67 Å². The minimum Gasteiger partial charge on any atom is -0.316 e. The van der Waals surface area contributed by atoms with Crippen molar-refractivity contribution in [3.63, 3.8) is 0 Å². The lowest BCUT2D eigenvalue weighted by Gasteiger charge is -2.29. The molecule has 1 N–H and O–H groups in total. The van der Waals surface area contributed by atoms with Gasteiger partial charge < -0.3 is 5.32 Å². The van der Waals surface area contributed by atoms with Gasteiger partial charge in [0.05, 0.1) is 0 Å². The molecule has 2 rings (SSSR count). The van der Waals surface area contributed by atoms with E-state index in [9.17, 15) is 4.39 Å². The van der Waals surface area contributed by atoms with E-state index in [-0.39, 0.29) is 0 Å². The molecule has 2 nitrogen and oxygen atoms in total. The fraction of sp³-hybridized carbons (Fsp3) is 0.500. The Balaban J connectivity index is 2.23. The van der Waals surface area contributed by atoms with Gasteiger partial charge in [-0.3, -0.25) is 4.98 Å². The zero-order valence-corrected chi connectivity index (χ0v) is 7.46. The average Bonchev–Trinajstić information content (AvgIpc) is 2.20. The highest BCUT2D eigenvalue weighted by molar-refractivity contribution is 5.19. The first-order valence-electron chi connectivity index (χ1n) is 4.61. The molecule has 1 aromatic heterocycles. The predicted molar refractivity (Wildman–Crippen MR) is 49.1 cm³/mol. The molecule has 0 radical (unpaired) electrons. The highest BCUT2D eigenvalue weighted by Gasteiger charge is 2.33. The summed E-state index contributed by atoms with van der Waals surface area (Å²) in [5.74, 6) is 0. The number of halogens is 1. The van der Waals surface area contributed by atoms with Crippen LogP contribution < -0.4 is 5.32 Å². The largest absolute Gasteiger partial charge is 0.316 e. The van der Waals surface area contributed by atoms with Crippen LogP contribution in [0.3, 0.4) is 0 Å². The SMILES string of the molecule is FC1(c2cccnc2)CCNCC1. The molecule has 2 heterocycles. The Morgan fingerprint density at radius 2 is 2.15 bits per heavy atom. The van der Waals surface area contributed by atoms with Gasteiger partial charge in [-0.25, -0.2) is 4.39 Å². The monoisotopic (exact) mass is 180 g/mol. The number of pyridine rings is 1. The lowest BCUT2D eigenvalue weighted by atomic mass is 9.88. The molecule has 0 unspecified atom stereocenters. The molecule has 0 bridgehead atoms. The second kappa shape index (κ2) is 3.42. The molecule has 0 atom stereocenters. The van der Waals surface area contributed by atoms with Gasteiger partial charge in [-0.1, -0.05) is 6.07 Å². The average molecular weight is 180 g/mol. The topological polar surface area (TPSA) is 24.9 Å². The predicted octanol–water partition coefficient (Wildman–Crippen LogP) is 1.63. The van der Waals surface area contributed by atoms with Crippen LogP contribution in [0.15, 0.2) is 24.5 Å². The lowest BCUT2D eigenvalue weighted by Crippen LogP contribution is -2.36. The Morgan fingerprint density at radius 3 is 2.77 bits per heavy atom. The number of hydrogen-bond donors (Lipinski definition) is 1. The normalized spacial score (nSPS) is 21.3. The first kappa shape index (κ1) is 8.63. The maximum absolute atomic E-state index is 14.2. The van der Waals surface area contributed by atoms with Crippen molar-refractivity contribution in [2.75, 3.05) is 13.1 Å². The van der Waals surface area contributed by atoms with E-state index in [2.05, 4.69) is 10.3 Å². The molecule has 3 heteroatoms. The van der Waals surface area contributed by atoms with Crippen LogP contribution in [0.25, 0.3) is 0 Å². The number of alkyl halides is 1. The van der Waals surface area contributed by atoms with Gasteiger partial charge in [0.1, 0.15) is 5.67 Å². The van der Waals surface area contributed by atoms with E-state index in [1.807, 2.05) is 6.07 Å². The van der Waals surface area contributed by atoms with E-state index in [1.165, 1.54) is 0 Å². The van der Waals surface area contributed by atoms with Crippen LogP contribution in [0.2, 0.25) is 0 Å². The van der Waals surface area contributed by atoms with Crippen molar-refractivity contribution >= 4 is 0 Å². The van der Waals surface area contributed by atoms with Gasteiger partial charge in [-0.15, -0.1) is 0 Å². The van der Waals surface area contributed by atoms with Crippen LogP contribution in [-0.4, -0.2) is 18.1 Å². The lowest BCUT2D eigenvalue weighted by molar-refractivity contribution is 0.115. The summed E-state index contributed by atoms with van der Waals surface area (Å²) in [6.07, 6.45) is 4.41. The number of hydrogen-bond acceptors (Lipinski definition) is 2. The first-order chi connectivity index (χ1) is 6.31. The van der Waals surface area contributed by atoms with E-state index in [1.54, 1.807) is 18.5 Å². The fourth-order valence-corrected chi connectivity index (χ4v) is 1.74. The van der Waals surface area contributed by atoms with E-state index in [0.29, 0.717) is 12.8 Å². The summed E-state index contributed by atoms with van der Waals surface area (Å²) in [5.41, 5.74) is -0.434. The molecule has 0 saturated carbocycles. The third-order valence-corrected chi connectivity index (χ3v) is 2.57. The zero-order valence-electron chi connectivity index (χ0n) is 7.46. The minimum atomic E-state index is -1.15. The van der Waals surface area contributed by atoms with Gasteiger partial charge in [-0.2, -0.15) is 0 Å². The summed E-state index contributed by atoms with van der Waals surface area (Å²) in [7, 11) is 0. The van der Waals surface area contributed by atoms with Crippen molar-refractivity contribution in [1.29, 1.82) is 0 Å². The molecule has 1 fully saturated rings. The van der Waals surface area contributed by atoms with Gasteiger partial charge in [0, 0.05) is 18.0 Å². The van der Waals surface area contributed by atoms with Crippen molar-refractivity contribution in [1.82, 2.24) is 10.3 Å². The summed E-state index contributed by atoms with van der Waals surface area (Å²) in [6, 6.07) is 3.61. The summed E-state index contributed by atoms with van der Waals surface area (Å²) >= 11 is 0. The van der Waals surface area contributed by atoms with Crippen LogP contribution in [0, 0.1) is 0 Å². The maximum atomic E-state index is 14.2. The van der Waals surface area contributed by atoms with Crippen LogP contribution in [0.5, 0.6) is 0 Å². The molecule has 1 aliphatic rings. The maximum Gasteiger partial charge on any atom is 0.139 e. The first-order valence-corrected chi connectivity index (χ1v) is 4.61. The summed E-state index contributed by atoms with van der Waals surface area (Å²) in [5, 5.41) is 3.15. The molecular weight excluding hydrogens is 167 g/mol. The van der Waals surface area contributed by atoms with Crippen LogP contribution in [-0.2, 0) is 5.67 Å². The van der Waals surface area contributed by atoms with Gasteiger partial charge >= 0.3 is 0 Å². The highest BCUT2D eigenvalue weighted by atomic mass is 19.1. The third-order valence-electron chi connectivity index (χ3n) is 2.57. The second-order valence-corrected chi connectivity index (χ2v) is 3.46. The Hall–Kier alpha value is -0.960. The molecule has 0 spiro atoms. The van der Waals surface area contributed by atoms with Crippen LogP contribution >= 0.6 is 0 Å². The molecular formula is C10H13FN2. The van der Waals surface area contributed by atoms with Crippen molar-refractivity contribution in [3.8, 4) is 0 Å². The standard InChI is InChI=1S/C10H13FN2/c11-10(3-6-12-7-4-10)9-2-1-5-13-8-9/h1-2,5,8,12H,3-4,6-7H2. The van der Waals surface area contributed by atoms with Gasteiger partial charge in [0.2, 0.25) is 0 Å². The number of nitrogens with zero attached hydrogens (tertiary/aromatic N) is 1. The molecule has 70 valence electrons. The van der Waals surface area contributed by atoms with E-state index >= 15 is 0 Å². The van der Waals surface area contributed by atoms with Gasteiger partial charge in [0.15, 0.2) is 0 Å². The Kier molecular flexibility index (Phi) is 2.27. The molecule has 13 heavy (non-hydrogen) atoms. The van der Waals surface area contributed by atoms with Gasteiger partial charge in [-0.05, 0) is 32.0 Å². The molecule has 0 amide bonds.